The summed E-state index contributed by atoms with van der Waals surface area (Å²) >= 11 is 0. The fourth-order valence-electron chi connectivity index (χ4n) is 0.544. The van der Waals surface area contributed by atoms with Gasteiger partial charge < -0.3 is 4.57 Å². The molecule has 0 bridgehead atoms. The number of rotatable bonds is 1. The highest BCUT2D eigenvalue weighted by Gasteiger charge is 2.12. The summed E-state index contributed by atoms with van der Waals surface area (Å²) < 4.78 is 1.78. The van der Waals surface area contributed by atoms with E-state index in [1.807, 2.05) is 6.20 Å². The second kappa shape index (κ2) is 6.00. The van der Waals surface area contributed by atoms with Crippen LogP contribution in [-0.2, 0) is 0 Å². The molecule has 0 radical (unpaired) electrons. The molecule has 0 unspecified atom stereocenters. The number of nitrogens with zero attached hydrogens (tertiary/aromatic N) is 2. The molecule has 0 N–H and O–H groups in total. The molecular weight excluding hydrogens is 216 g/mol. The minimum atomic E-state index is 0. The molecule has 0 amide bonds. The van der Waals surface area contributed by atoms with Crippen molar-refractivity contribution < 1.29 is 0 Å². The number of hydrogen-bond donors (Lipinski definition) is 0. The van der Waals surface area contributed by atoms with Crippen molar-refractivity contribution in [2.24, 2.45) is 5.92 Å². The normalized spacial score (nSPS) is 13.8. The molecule has 1 aromatic rings. The Balaban J connectivity index is 0.000000209. The quantitative estimate of drug-likeness (QED) is 0.726. The van der Waals surface area contributed by atoms with Gasteiger partial charge in [-0.3, -0.25) is 0 Å². The van der Waals surface area contributed by atoms with E-state index >= 15 is 0 Å². The molecule has 3 heteroatoms. The van der Waals surface area contributed by atoms with Crippen molar-refractivity contribution in [2.45, 2.75) is 19.8 Å². The zero-order chi connectivity index (χ0) is 8.10. The number of halogens is 1. The molecule has 0 spiro atoms. The van der Waals surface area contributed by atoms with Gasteiger partial charge >= 0.3 is 0 Å². The first-order valence-electron chi connectivity index (χ1n) is 3.93. The first kappa shape index (κ1) is 11.4. The molecule has 0 aliphatic heterocycles. The maximum absolute atomic E-state index is 3.78. The van der Waals surface area contributed by atoms with E-state index < -0.39 is 0 Å². The van der Waals surface area contributed by atoms with E-state index in [0.717, 1.165) is 5.92 Å². The smallest absolute Gasteiger partial charge is 0.0986 e. The van der Waals surface area contributed by atoms with E-state index in [1.54, 1.807) is 23.3 Å². The summed E-state index contributed by atoms with van der Waals surface area (Å²) in [4.78, 5) is 3.78. The van der Waals surface area contributed by atoms with Gasteiger partial charge in [-0.05, 0) is 5.92 Å². The van der Waals surface area contributed by atoms with Crippen molar-refractivity contribution in [1.82, 2.24) is 9.55 Å². The van der Waals surface area contributed by atoms with E-state index in [-0.39, 0.29) is 17.0 Å². The molecule has 1 saturated carbocycles. The molecule has 12 heavy (non-hydrogen) atoms. The highest BCUT2D eigenvalue weighted by atomic mass is 79.9. The predicted octanol–water partition coefficient (Wildman–Crippen LogP) is 2.98. The Hall–Kier alpha value is -0.570. The van der Waals surface area contributed by atoms with Crippen LogP contribution in [0.3, 0.4) is 0 Å². The maximum Gasteiger partial charge on any atom is 0.0986 e. The first-order valence-corrected chi connectivity index (χ1v) is 3.93. The molecule has 1 aliphatic rings. The Morgan fingerprint density at radius 2 is 2.17 bits per heavy atom. The summed E-state index contributed by atoms with van der Waals surface area (Å²) in [6.45, 7) is 5.80. The largest absolute Gasteiger partial charge is 0.314 e. The zero-order valence-corrected chi connectivity index (χ0v) is 9.02. The Kier molecular flexibility index (Phi) is 5.72. The summed E-state index contributed by atoms with van der Waals surface area (Å²) in [5.41, 5.74) is 0. The minimum Gasteiger partial charge on any atom is -0.314 e. The van der Waals surface area contributed by atoms with Gasteiger partial charge in [0.25, 0.3) is 0 Å². The van der Waals surface area contributed by atoms with Gasteiger partial charge in [0, 0.05) is 18.6 Å². The molecule has 68 valence electrons. The first-order chi connectivity index (χ1) is 5.33. The number of aromatic nitrogens is 2. The van der Waals surface area contributed by atoms with Crippen molar-refractivity contribution in [3.05, 3.63) is 25.3 Å². The Morgan fingerprint density at radius 3 is 2.33 bits per heavy atom. The van der Waals surface area contributed by atoms with Gasteiger partial charge in [0.05, 0.1) is 6.33 Å². The topological polar surface area (TPSA) is 17.8 Å². The van der Waals surface area contributed by atoms with Crippen LogP contribution in [0.25, 0.3) is 6.20 Å². The van der Waals surface area contributed by atoms with Crippen LogP contribution in [0.4, 0.5) is 0 Å². The third-order valence-electron chi connectivity index (χ3n) is 1.60. The van der Waals surface area contributed by atoms with E-state index in [2.05, 4.69) is 18.5 Å². The van der Waals surface area contributed by atoms with Crippen molar-refractivity contribution in [2.75, 3.05) is 0 Å². The molecule has 1 aromatic heterocycles. The molecule has 1 aliphatic carbocycles. The maximum atomic E-state index is 3.78. The van der Waals surface area contributed by atoms with E-state index in [9.17, 15) is 0 Å². The monoisotopic (exact) mass is 230 g/mol. The van der Waals surface area contributed by atoms with Crippen LogP contribution in [0, 0.1) is 5.92 Å². The van der Waals surface area contributed by atoms with Crippen molar-refractivity contribution in [3.63, 3.8) is 0 Å². The molecular formula is C9H15BrN2. The van der Waals surface area contributed by atoms with Crippen LogP contribution >= 0.6 is 17.0 Å². The summed E-state index contributed by atoms with van der Waals surface area (Å²) in [5.74, 6) is 1.08. The SMILES string of the molecule is Br.C=Cn1ccnc1.CC1CC1. The molecule has 2 rings (SSSR count). The highest BCUT2D eigenvalue weighted by Crippen LogP contribution is 2.26. The summed E-state index contributed by atoms with van der Waals surface area (Å²) in [7, 11) is 0. The van der Waals surface area contributed by atoms with Crippen LogP contribution in [0.15, 0.2) is 25.3 Å². The lowest BCUT2D eigenvalue weighted by Crippen LogP contribution is -1.73. The van der Waals surface area contributed by atoms with Crippen LogP contribution in [-0.4, -0.2) is 9.55 Å². The lowest BCUT2D eigenvalue weighted by atomic mass is 10.5. The minimum absolute atomic E-state index is 0. The fraction of sp³-hybridized carbons (Fsp3) is 0.444. The van der Waals surface area contributed by atoms with Crippen molar-refractivity contribution in [1.29, 1.82) is 0 Å². The lowest BCUT2D eigenvalue weighted by molar-refractivity contribution is 0.983. The van der Waals surface area contributed by atoms with Gasteiger partial charge in [-0.1, -0.05) is 26.3 Å². The second-order valence-electron chi connectivity index (χ2n) is 2.87. The van der Waals surface area contributed by atoms with Crippen molar-refractivity contribution in [3.8, 4) is 0 Å². The third-order valence-corrected chi connectivity index (χ3v) is 1.60. The van der Waals surface area contributed by atoms with Gasteiger partial charge in [-0.2, -0.15) is 0 Å². The summed E-state index contributed by atoms with van der Waals surface area (Å²) in [6.07, 6.45) is 9.88. The number of hydrogen-bond acceptors (Lipinski definition) is 1. The van der Waals surface area contributed by atoms with Crippen LogP contribution < -0.4 is 0 Å². The van der Waals surface area contributed by atoms with Gasteiger partial charge in [0.2, 0.25) is 0 Å². The predicted molar refractivity (Wildman–Crippen MR) is 57.3 cm³/mol. The van der Waals surface area contributed by atoms with E-state index in [1.165, 1.54) is 12.8 Å². The van der Waals surface area contributed by atoms with Gasteiger partial charge in [-0.25, -0.2) is 4.98 Å². The molecule has 0 aromatic carbocycles. The third kappa shape index (κ3) is 5.13. The molecule has 2 nitrogen and oxygen atoms in total. The van der Waals surface area contributed by atoms with Gasteiger partial charge in [0.1, 0.15) is 0 Å². The Morgan fingerprint density at radius 1 is 1.58 bits per heavy atom. The lowest BCUT2D eigenvalue weighted by Gasteiger charge is -1.80. The second-order valence-corrected chi connectivity index (χ2v) is 2.87. The molecule has 1 heterocycles. The van der Waals surface area contributed by atoms with Crippen LogP contribution in [0.1, 0.15) is 19.8 Å². The van der Waals surface area contributed by atoms with Gasteiger partial charge in [-0.15, -0.1) is 17.0 Å². The summed E-state index contributed by atoms with van der Waals surface area (Å²) in [6, 6.07) is 0. The number of imidazole rings is 1. The average Bonchev–Trinajstić information content (AvgIpc) is 2.66. The fourth-order valence-corrected chi connectivity index (χ4v) is 0.544. The van der Waals surface area contributed by atoms with Crippen LogP contribution in [0.2, 0.25) is 0 Å². The van der Waals surface area contributed by atoms with Gasteiger partial charge in [0.15, 0.2) is 0 Å². The van der Waals surface area contributed by atoms with E-state index in [0.29, 0.717) is 0 Å². The molecule has 0 atom stereocenters. The Labute approximate surface area is 84.1 Å². The standard InChI is InChI=1S/C5H6N2.C4H8.BrH/c1-2-7-4-3-6-5-7;1-4-2-3-4;/h2-5H,1H2;4H,2-3H2,1H3;1H. The average molecular weight is 231 g/mol. The summed E-state index contributed by atoms with van der Waals surface area (Å²) in [5, 5.41) is 0. The van der Waals surface area contributed by atoms with E-state index in [4.69, 9.17) is 0 Å². The Bertz CT molecular complexity index is 202. The highest BCUT2D eigenvalue weighted by molar-refractivity contribution is 8.93. The zero-order valence-electron chi connectivity index (χ0n) is 7.31. The molecule has 0 saturated heterocycles. The van der Waals surface area contributed by atoms with Crippen LogP contribution in [0.5, 0.6) is 0 Å². The van der Waals surface area contributed by atoms with Crippen molar-refractivity contribution >= 4 is 23.2 Å². The molecule has 1 fully saturated rings.